The van der Waals surface area contributed by atoms with Crippen molar-refractivity contribution in [2.24, 2.45) is 4.99 Å². The molecule has 0 bridgehead atoms. The van der Waals surface area contributed by atoms with Gasteiger partial charge in [0.15, 0.2) is 5.54 Å². The monoisotopic (exact) mass is 461 g/mol. The van der Waals surface area contributed by atoms with E-state index in [0.29, 0.717) is 6.61 Å². The van der Waals surface area contributed by atoms with Crippen LogP contribution >= 0.6 is 0 Å². The fourth-order valence-electron chi connectivity index (χ4n) is 3.95. The number of aliphatic imine (C=N–C) groups is 1. The Hall–Kier alpha value is -4.20. The Bertz CT molecular complexity index is 1200. The largest absolute Gasteiger partial charge is 0.497 e. The first-order valence-corrected chi connectivity index (χ1v) is 10.9. The SMILES string of the molecule is CCOc1ccc(C2(c3cccc(Nc4cccc(OC)c4)c3)COC(NOC=O)=N2)cc1C. The number of rotatable bonds is 9. The summed E-state index contributed by atoms with van der Waals surface area (Å²) in [6, 6.07) is 21.8. The number of benzene rings is 3. The van der Waals surface area contributed by atoms with Crippen molar-refractivity contribution in [3.63, 3.8) is 0 Å². The summed E-state index contributed by atoms with van der Waals surface area (Å²) in [4.78, 5) is 20.1. The summed E-state index contributed by atoms with van der Waals surface area (Å²) < 4.78 is 16.8. The second kappa shape index (κ2) is 10.2. The van der Waals surface area contributed by atoms with Gasteiger partial charge in [0.25, 0.3) is 0 Å². The Morgan fingerprint density at radius 3 is 2.56 bits per heavy atom. The number of nitrogens with one attached hydrogen (secondary N) is 2. The fraction of sp³-hybridized carbons (Fsp3) is 0.231. The molecule has 34 heavy (non-hydrogen) atoms. The van der Waals surface area contributed by atoms with Gasteiger partial charge in [-0.1, -0.05) is 24.3 Å². The predicted octanol–water partition coefficient (Wildman–Crippen LogP) is 4.45. The number of nitrogens with zero attached hydrogens (tertiary/aromatic N) is 1. The number of amidine groups is 1. The first-order valence-electron chi connectivity index (χ1n) is 10.9. The third kappa shape index (κ3) is 4.76. The molecule has 0 amide bonds. The van der Waals surface area contributed by atoms with Crippen LogP contribution < -0.4 is 20.3 Å². The molecule has 0 spiro atoms. The molecule has 0 radical (unpaired) electrons. The van der Waals surface area contributed by atoms with Gasteiger partial charge in [0.2, 0.25) is 0 Å². The van der Waals surface area contributed by atoms with E-state index in [9.17, 15) is 4.79 Å². The summed E-state index contributed by atoms with van der Waals surface area (Å²) in [5.41, 5.74) is 6.20. The molecule has 0 aliphatic carbocycles. The Morgan fingerprint density at radius 2 is 1.82 bits per heavy atom. The lowest BCUT2D eigenvalue weighted by Crippen LogP contribution is -2.27. The topological polar surface area (TPSA) is 90.4 Å². The van der Waals surface area contributed by atoms with Gasteiger partial charge in [-0.2, -0.15) is 5.48 Å². The van der Waals surface area contributed by atoms with E-state index < -0.39 is 5.54 Å². The second-order valence-electron chi connectivity index (χ2n) is 7.73. The van der Waals surface area contributed by atoms with Crippen molar-refractivity contribution in [3.8, 4) is 11.5 Å². The minimum atomic E-state index is -0.851. The number of hydrogen-bond donors (Lipinski definition) is 2. The van der Waals surface area contributed by atoms with E-state index in [-0.39, 0.29) is 19.1 Å². The van der Waals surface area contributed by atoms with E-state index in [0.717, 1.165) is 39.6 Å². The van der Waals surface area contributed by atoms with Crippen LogP contribution in [-0.2, 0) is 19.9 Å². The molecule has 3 aromatic rings. The average Bonchev–Trinajstić information content (AvgIpc) is 3.30. The Morgan fingerprint density at radius 1 is 1.06 bits per heavy atom. The number of anilines is 2. The first kappa shape index (κ1) is 23.0. The van der Waals surface area contributed by atoms with E-state index in [1.807, 2.05) is 80.6 Å². The van der Waals surface area contributed by atoms with E-state index in [4.69, 9.17) is 19.2 Å². The van der Waals surface area contributed by atoms with E-state index in [2.05, 4.69) is 15.6 Å². The highest BCUT2D eigenvalue weighted by molar-refractivity contribution is 5.77. The molecular weight excluding hydrogens is 434 g/mol. The lowest BCUT2D eigenvalue weighted by atomic mass is 9.83. The van der Waals surface area contributed by atoms with Gasteiger partial charge in [0.1, 0.15) is 18.1 Å². The van der Waals surface area contributed by atoms with Crippen LogP contribution in [0.25, 0.3) is 0 Å². The van der Waals surface area contributed by atoms with Crippen molar-refractivity contribution >= 4 is 23.9 Å². The average molecular weight is 462 g/mol. The molecule has 0 aromatic heterocycles. The van der Waals surface area contributed by atoms with Crippen LogP contribution in [0.5, 0.6) is 11.5 Å². The highest BCUT2D eigenvalue weighted by Gasteiger charge is 2.41. The van der Waals surface area contributed by atoms with Gasteiger partial charge in [0.05, 0.1) is 13.7 Å². The van der Waals surface area contributed by atoms with Gasteiger partial charge in [-0.15, -0.1) is 0 Å². The van der Waals surface area contributed by atoms with Gasteiger partial charge < -0.3 is 24.4 Å². The molecule has 2 N–H and O–H groups in total. The Labute approximate surface area is 198 Å². The summed E-state index contributed by atoms with van der Waals surface area (Å²) in [6.07, 6.45) is 0. The number of methoxy groups -OCH3 is 1. The zero-order valence-corrected chi connectivity index (χ0v) is 19.3. The first-order chi connectivity index (χ1) is 16.6. The van der Waals surface area contributed by atoms with E-state index in [1.165, 1.54) is 0 Å². The van der Waals surface area contributed by atoms with Gasteiger partial charge in [0, 0.05) is 17.4 Å². The fourth-order valence-corrected chi connectivity index (χ4v) is 3.95. The summed E-state index contributed by atoms with van der Waals surface area (Å²) in [6.45, 7) is 5.05. The lowest BCUT2D eigenvalue weighted by Gasteiger charge is -2.26. The third-order valence-corrected chi connectivity index (χ3v) is 5.56. The van der Waals surface area contributed by atoms with Crippen molar-refractivity contribution in [3.05, 3.63) is 83.4 Å². The molecule has 1 unspecified atom stereocenters. The molecule has 4 rings (SSSR count). The minimum absolute atomic E-state index is 0.129. The highest BCUT2D eigenvalue weighted by Crippen LogP contribution is 2.40. The number of ether oxygens (including phenoxy) is 3. The molecule has 176 valence electrons. The van der Waals surface area contributed by atoms with Crippen LogP contribution in [0, 0.1) is 6.92 Å². The summed E-state index contributed by atoms with van der Waals surface area (Å²) in [7, 11) is 1.64. The normalized spacial score (nSPS) is 16.7. The number of hydrogen-bond acceptors (Lipinski definition) is 8. The van der Waals surface area contributed by atoms with Crippen LogP contribution in [0.3, 0.4) is 0 Å². The van der Waals surface area contributed by atoms with Crippen LogP contribution in [0.4, 0.5) is 11.4 Å². The van der Waals surface area contributed by atoms with Crippen molar-refractivity contribution in [2.75, 3.05) is 25.6 Å². The minimum Gasteiger partial charge on any atom is -0.497 e. The maximum atomic E-state index is 10.6. The van der Waals surface area contributed by atoms with E-state index in [1.54, 1.807) is 7.11 Å². The maximum Gasteiger partial charge on any atom is 0.320 e. The van der Waals surface area contributed by atoms with Crippen LogP contribution in [0.1, 0.15) is 23.6 Å². The number of carbonyl (C=O) groups is 1. The van der Waals surface area contributed by atoms with Gasteiger partial charge >= 0.3 is 12.5 Å². The molecule has 1 heterocycles. The predicted molar refractivity (Wildman–Crippen MR) is 130 cm³/mol. The summed E-state index contributed by atoms with van der Waals surface area (Å²) in [5, 5.41) is 3.42. The van der Waals surface area contributed by atoms with Crippen molar-refractivity contribution < 1.29 is 23.8 Å². The van der Waals surface area contributed by atoms with Crippen LogP contribution in [0.2, 0.25) is 0 Å². The highest BCUT2D eigenvalue weighted by atomic mass is 16.7. The number of aryl methyl sites for hydroxylation is 1. The van der Waals surface area contributed by atoms with Crippen molar-refractivity contribution in [2.45, 2.75) is 19.4 Å². The zero-order valence-electron chi connectivity index (χ0n) is 19.3. The summed E-state index contributed by atoms with van der Waals surface area (Å²) >= 11 is 0. The Balaban J connectivity index is 1.74. The quantitative estimate of drug-likeness (QED) is 0.359. The smallest absolute Gasteiger partial charge is 0.320 e. The number of carbonyl (C=O) groups excluding carboxylic acids is 1. The summed E-state index contributed by atoms with van der Waals surface area (Å²) in [5.74, 6) is 1.59. The maximum absolute atomic E-state index is 10.6. The Kier molecular flexibility index (Phi) is 6.87. The van der Waals surface area contributed by atoms with Crippen LogP contribution in [-0.4, -0.2) is 32.8 Å². The molecule has 8 nitrogen and oxygen atoms in total. The molecule has 0 saturated heterocycles. The standard InChI is InChI=1S/C26H27N3O5/c1-4-32-24-12-11-20(13-18(24)2)26(16-33-25(28-26)29-34-17-30)19-7-5-8-21(14-19)27-22-9-6-10-23(15-22)31-3/h5-15,17,27H,4,16H2,1-3H3,(H,28,29). The molecular formula is C26H27N3O5. The molecule has 0 saturated carbocycles. The molecule has 1 atom stereocenters. The third-order valence-electron chi connectivity index (χ3n) is 5.56. The van der Waals surface area contributed by atoms with Gasteiger partial charge in [-0.3, -0.25) is 4.79 Å². The second-order valence-corrected chi connectivity index (χ2v) is 7.73. The number of hydroxylamine groups is 1. The van der Waals surface area contributed by atoms with Crippen molar-refractivity contribution in [1.82, 2.24) is 5.48 Å². The van der Waals surface area contributed by atoms with Gasteiger partial charge in [-0.05, 0) is 66.9 Å². The lowest BCUT2D eigenvalue weighted by molar-refractivity contribution is -0.132. The molecule has 1 aliphatic rings. The zero-order chi connectivity index (χ0) is 24.0. The molecule has 1 aliphatic heterocycles. The van der Waals surface area contributed by atoms with E-state index >= 15 is 0 Å². The van der Waals surface area contributed by atoms with Gasteiger partial charge in [-0.25, -0.2) is 4.99 Å². The molecule has 8 heteroatoms. The van der Waals surface area contributed by atoms with Crippen molar-refractivity contribution in [1.29, 1.82) is 0 Å². The molecule has 0 fully saturated rings. The van der Waals surface area contributed by atoms with Crippen LogP contribution in [0.15, 0.2) is 71.7 Å². The molecule has 3 aromatic carbocycles.